The van der Waals surface area contributed by atoms with Gasteiger partial charge in [-0.1, -0.05) is 39.5 Å². The van der Waals surface area contributed by atoms with E-state index in [2.05, 4.69) is 18.7 Å². The second-order valence-electron chi connectivity index (χ2n) is 5.02. The summed E-state index contributed by atoms with van der Waals surface area (Å²) in [7, 11) is 0. The van der Waals surface area contributed by atoms with Gasteiger partial charge in [-0.3, -0.25) is 4.90 Å². The lowest BCUT2D eigenvalue weighted by molar-refractivity contribution is -0.00669. The predicted octanol–water partition coefficient (Wildman–Crippen LogP) is 1.38. The minimum atomic E-state index is -0.266. The van der Waals surface area contributed by atoms with Crippen molar-refractivity contribution in [3.05, 3.63) is 0 Å². The van der Waals surface area contributed by atoms with Crippen molar-refractivity contribution in [2.75, 3.05) is 32.9 Å². The molecule has 0 saturated heterocycles. The maximum Gasteiger partial charge on any atom is 0.0615 e. The lowest BCUT2D eigenvalue weighted by atomic mass is 9.85. The van der Waals surface area contributed by atoms with Crippen molar-refractivity contribution in [3.8, 4) is 0 Å². The van der Waals surface area contributed by atoms with Crippen LogP contribution in [-0.2, 0) is 0 Å². The van der Waals surface area contributed by atoms with Crippen LogP contribution >= 0.6 is 0 Å². The lowest BCUT2D eigenvalue weighted by Crippen LogP contribution is -2.53. The molecule has 0 saturated carbocycles. The van der Waals surface area contributed by atoms with Gasteiger partial charge in [-0.2, -0.15) is 0 Å². The van der Waals surface area contributed by atoms with E-state index in [-0.39, 0.29) is 25.4 Å². The summed E-state index contributed by atoms with van der Waals surface area (Å²) in [6.07, 6.45) is 6.19. The van der Waals surface area contributed by atoms with Crippen molar-refractivity contribution in [1.29, 1.82) is 0 Å². The van der Waals surface area contributed by atoms with E-state index in [1.807, 2.05) is 0 Å². The van der Waals surface area contributed by atoms with E-state index in [9.17, 15) is 5.11 Å². The molecule has 0 unspecified atom stereocenters. The number of aliphatic hydroxyl groups excluding tert-OH is 3. The molecule has 0 aromatic heterocycles. The summed E-state index contributed by atoms with van der Waals surface area (Å²) in [6, 6.07) is 0. The molecule has 0 heterocycles. The summed E-state index contributed by atoms with van der Waals surface area (Å²) in [6.45, 7) is 5.57. The van der Waals surface area contributed by atoms with Crippen molar-refractivity contribution in [2.45, 2.75) is 57.9 Å². The maximum atomic E-state index is 9.85. The SMILES string of the molecule is CCCCC(CO)(CCCC)N(CCO)CCO. The molecule has 0 bridgehead atoms. The number of β-amino-alcohol motifs (C(OH)–C–C–N with tert-alkyl or cyclic N) is 2. The molecule has 110 valence electrons. The van der Waals surface area contributed by atoms with E-state index >= 15 is 0 Å². The maximum absolute atomic E-state index is 9.85. The summed E-state index contributed by atoms with van der Waals surface area (Å²) in [5.41, 5.74) is -0.266. The zero-order chi connectivity index (χ0) is 13.9. The van der Waals surface area contributed by atoms with Gasteiger partial charge in [-0.15, -0.1) is 0 Å². The van der Waals surface area contributed by atoms with Gasteiger partial charge < -0.3 is 15.3 Å². The Morgan fingerprint density at radius 3 is 1.56 bits per heavy atom. The number of rotatable bonds is 12. The highest BCUT2D eigenvalue weighted by Crippen LogP contribution is 2.28. The highest BCUT2D eigenvalue weighted by atomic mass is 16.3. The molecular weight excluding hydrogens is 230 g/mol. The first kappa shape index (κ1) is 17.8. The van der Waals surface area contributed by atoms with Crippen LogP contribution in [0.3, 0.4) is 0 Å². The molecule has 0 atom stereocenters. The van der Waals surface area contributed by atoms with E-state index in [0.29, 0.717) is 13.1 Å². The lowest BCUT2D eigenvalue weighted by Gasteiger charge is -2.43. The van der Waals surface area contributed by atoms with Crippen LogP contribution in [0.4, 0.5) is 0 Å². The second-order valence-corrected chi connectivity index (χ2v) is 5.02. The molecule has 0 rings (SSSR count). The van der Waals surface area contributed by atoms with Crippen molar-refractivity contribution in [2.24, 2.45) is 0 Å². The average molecular weight is 261 g/mol. The van der Waals surface area contributed by atoms with Crippen molar-refractivity contribution in [1.82, 2.24) is 4.90 Å². The molecule has 0 aliphatic rings. The van der Waals surface area contributed by atoms with Crippen LogP contribution in [-0.4, -0.2) is 58.7 Å². The van der Waals surface area contributed by atoms with Crippen LogP contribution in [0.15, 0.2) is 0 Å². The van der Waals surface area contributed by atoms with Crippen molar-refractivity contribution >= 4 is 0 Å². The third-order valence-electron chi connectivity index (χ3n) is 3.70. The molecule has 3 N–H and O–H groups in total. The van der Waals surface area contributed by atoms with Crippen LogP contribution in [0.5, 0.6) is 0 Å². The number of nitrogens with zero attached hydrogens (tertiary/aromatic N) is 1. The molecular formula is C14H31NO3. The van der Waals surface area contributed by atoms with Gasteiger partial charge in [0.05, 0.1) is 19.8 Å². The third-order valence-corrected chi connectivity index (χ3v) is 3.70. The largest absolute Gasteiger partial charge is 0.395 e. The van der Waals surface area contributed by atoms with Crippen LogP contribution in [0.25, 0.3) is 0 Å². The molecule has 18 heavy (non-hydrogen) atoms. The van der Waals surface area contributed by atoms with Gasteiger partial charge in [0.25, 0.3) is 0 Å². The Balaban J connectivity index is 4.81. The zero-order valence-electron chi connectivity index (χ0n) is 12.1. The normalized spacial score (nSPS) is 12.3. The van der Waals surface area contributed by atoms with Gasteiger partial charge in [0.15, 0.2) is 0 Å². The molecule has 0 fully saturated rings. The topological polar surface area (TPSA) is 63.9 Å². The minimum Gasteiger partial charge on any atom is -0.395 e. The fraction of sp³-hybridized carbons (Fsp3) is 1.00. The molecule has 0 aliphatic heterocycles. The van der Waals surface area contributed by atoms with Gasteiger partial charge in [0, 0.05) is 18.6 Å². The van der Waals surface area contributed by atoms with Gasteiger partial charge in [-0.25, -0.2) is 0 Å². The fourth-order valence-corrected chi connectivity index (χ4v) is 2.54. The highest BCUT2D eigenvalue weighted by Gasteiger charge is 2.34. The number of hydrogen-bond donors (Lipinski definition) is 3. The predicted molar refractivity (Wildman–Crippen MR) is 74.6 cm³/mol. The van der Waals surface area contributed by atoms with Gasteiger partial charge >= 0.3 is 0 Å². The molecule has 0 amide bonds. The van der Waals surface area contributed by atoms with Gasteiger partial charge in [0.2, 0.25) is 0 Å². The first-order chi connectivity index (χ1) is 8.70. The highest BCUT2D eigenvalue weighted by molar-refractivity contribution is 4.90. The summed E-state index contributed by atoms with van der Waals surface area (Å²) < 4.78 is 0. The van der Waals surface area contributed by atoms with E-state index in [4.69, 9.17) is 10.2 Å². The second kappa shape index (κ2) is 10.7. The van der Waals surface area contributed by atoms with Crippen LogP contribution < -0.4 is 0 Å². The fourth-order valence-electron chi connectivity index (χ4n) is 2.54. The molecule has 4 heteroatoms. The summed E-state index contributed by atoms with van der Waals surface area (Å²) in [5, 5.41) is 28.2. The Kier molecular flexibility index (Phi) is 10.6. The first-order valence-electron chi connectivity index (χ1n) is 7.28. The standard InChI is InChI=1S/C14H31NO3/c1-3-5-7-14(13-18,8-6-4-2)15(9-11-16)10-12-17/h16-18H,3-13H2,1-2H3. The number of unbranched alkanes of at least 4 members (excludes halogenated alkanes) is 2. The Bertz CT molecular complexity index is 174. The van der Waals surface area contributed by atoms with Gasteiger partial charge in [0.1, 0.15) is 0 Å². The van der Waals surface area contributed by atoms with Crippen molar-refractivity contribution < 1.29 is 15.3 Å². The molecule has 4 nitrogen and oxygen atoms in total. The van der Waals surface area contributed by atoms with Crippen LogP contribution in [0.1, 0.15) is 52.4 Å². The Hall–Kier alpha value is -0.160. The molecule has 0 aromatic rings. The molecule has 0 spiro atoms. The number of aliphatic hydroxyl groups is 3. The zero-order valence-corrected chi connectivity index (χ0v) is 12.1. The van der Waals surface area contributed by atoms with E-state index in [0.717, 1.165) is 38.5 Å². The van der Waals surface area contributed by atoms with Crippen LogP contribution in [0, 0.1) is 0 Å². The Labute approximate surface area is 112 Å². The third kappa shape index (κ3) is 5.65. The minimum absolute atomic E-state index is 0.0694. The van der Waals surface area contributed by atoms with Gasteiger partial charge in [-0.05, 0) is 12.8 Å². The first-order valence-corrected chi connectivity index (χ1v) is 7.28. The summed E-state index contributed by atoms with van der Waals surface area (Å²) in [4.78, 5) is 2.07. The van der Waals surface area contributed by atoms with E-state index in [1.54, 1.807) is 0 Å². The number of hydrogen-bond acceptors (Lipinski definition) is 4. The molecule has 0 aromatic carbocycles. The van der Waals surface area contributed by atoms with Crippen LogP contribution in [0.2, 0.25) is 0 Å². The van der Waals surface area contributed by atoms with Crippen molar-refractivity contribution in [3.63, 3.8) is 0 Å². The Morgan fingerprint density at radius 1 is 0.833 bits per heavy atom. The quantitative estimate of drug-likeness (QED) is 0.497. The van der Waals surface area contributed by atoms with E-state index < -0.39 is 0 Å². The summed E-state index contributed by atoms with van der Waals surface area (Å²) in [5.74, 6) is 0. The monoisotopic (exact) mass is 261 g/mol. The summed E-state index contributed by atoms with van der Waals surface area (Å²) >= 11 is 0. The van der Waals surface area contributed by atoms with E-state index in [1.165, 1.54) is 0 Å². The smallest absolute Gasteiger partial charge is 0.0615 e. The molecule has 0 aliphatic carbocycles. The average Bonchev–Trinajstić information content (AvgIpc) is 2.40. The molecule has 0 radical (unpaired) electrons. The Morgan fingerprint density at radius 2 is 1.28 bits per heavy atom.